The van der Waals surface area contributed by atoms with Crippen molar-refractivity contribution in [2.75, 3.05) is 20.8 Å². The van der Waals surface area contributed by atoms with Crippen LogP contribution < -0.4 is 14.8 Å². The number of nitrogens with one attached hydrogen (secondary N) is 1. The Morgan fingerprint density at radius 1 is 1.05 bits per heavy atom. The normalized spacial score (nSPS) is 10.0. The third-order valence-electron chi connectivity index (χ3n) is 2.94. The summed E-state index contributed by atoms with van der Waals surface area (Å²) >= 11 is 0. The van der Waals surface area contributed by atoms with E-state index in [0.717, 1.165) is 17.7 Å². The lowest BCUT2D eigenvalue weighted by Crippen LogP contribution is -2.26. The van der Waals surface area contributed by atoms with Crippen molar-refractivity contribution >= 4 is 5.91 Å². The maximum absolute atomic E-state index is 11.9. The van der Waals surface area contributed by atoms with Gasteiger partial charge in [0.05, 0.1) is 14.2 Å². The first-order valence-corrected chi connectivity index (χ1v) is 6.52. The molecule has 0 fully saturated rings. The summed E-state index contributed by atoms with van der Waals surface area (Å²) in [5, 5.41) is 10.4. The zero-order valence-electron chi connectivity index (χ0n) is 12.0. The molecule has 0 bridgehead atoms. The molecule has 6 heteroatoms. The Morgan fingerprint density at radius 3 is 2.38 bits per heavy atom. The molecule has 0 saturated heterocycles. The summed E-state index contributed by atoms with van der Waals surface area (Å²) in [5.41, 5.74) is 1.39. The molecule has 2 rings (SSSR count). The zero-order valence-corrected chi connectivity index (χ0v) is 12.0. The number of nitrogens with zero attached hydrogens (tertiary/aromatic N) is 2. The summed E-state index contributed by atoms with van der Waals surface area (Å²) < 4.78 is 9.98. The van der Waals surface area contributed by atoms with Crippen LogP contribution in [0.2, 0.25) is 0 Å². The number of carbonyl (C=O) groups excluding carboxylic acids is 1. The molecule has 0 saturated carbocycles. The topological polar surface area (TPSA) is 73.3 Å². The number of hydrogen-bond acceptors (Lipinski definition) is 5. The lowest BCUT2D eigenvalue weighted by atomic mass is 10.1. The summed E-state index contributed by atoms with van der Waals surface area (Å²) in [7, 11) is 3.13. The van der Waals surface area contributed by atoms with Crippen molar-refractivity contribution in [1.82, 2.24) is 15.5 Å². The third-order valence-corrected chi connectivity index (χ3v) is 2.94. The molecule has 0 unspecified atom stereocenters. The van der Waals surface area contributed by atoms with Crippen LogP contribution in [-0.2, 0) is 6.42 Å². The Kier molecular flexibility index (Phi) is 5.09. The standard InChI is InChI=1S/C15H17N3O3/c1-20-12-5-3-11(4-6-12)9-10-16-15(19)13-7-8-14(21-2)18-17-13/h3-8H,9-10H2,1-2H3,(H,16,19). The second-order valence-corrected chi connectivity index (χ2v) is 4.31. The predicted molar refractivity (Wildman–Crippen MR) is 77.6 cm³/mol. The van der Waals surface area contributed by atoms with Crippen molar-refractivity contribution in [2.24, 2.45) is 0 Å². The molecular formula is C15H17N3O3. The van der Waals surface area contributed by atoms with E-state index >= 15 is 0 Å². The second-order valence-electron chi connectivity index (χ2n) is 4.31. The van der Waals surface area contributed by atoms with E-state index in [9.17, 15) is 4.79 Å². The van der Waals surface area contributed by atoms with Crippen LogP contribution in [-0.4, -0.2) is 36.9 Å². The van der Waals surface area contributed by atoms with Gasteiger partial charge in [-0.1, -0.05) is 12.1 Å². The highest BCUT2D eigenvalue weighted by atomic mass is 16.5. The van der Waals surface area contributed by atoms with Crippen molar-refractivity contribution in [3.05, 3.63) is 47.7 Å². The number of rotatable bonds is 6. The Morgan fingerprint density at radius 2 is 1.81 bits per heavy atom. The zero-order chi connectivity index (χ0) is 15.1. The van der Waals surface area contributed by atoms with Crippen LogP contribution >= 0.6 is 0 Å². The van der Waals surface area contributed by atoms with E-state index in [1.165, 1.54) is 7.11 Å². The molecule has 21 heavy (non-hydrogen) atoms. The van der Waals surface area contributed by atoms with Gasteiger partial charge in [-0.3, -0.25) is 4.79 Å². The van der Waals surface area contributed by atoms with Crippen LogP contribution in [0, 0.1) is 0 Å². The molecule has 0 radical (unpaired) electrons. The fourth-order valence-corrected chi connectivity index (χ4v) is 1.75. The van der Waals surface area contributed by atoms with Crippen LogP contribution in [0.5, 0.6) is 11.6 Å². The molecule has 0 aliphatic heterocycles. The van der Waals surface area contributed by atoms with Gasteiger partial charge in [-0.05, 0) is 30.2 Å². The number of benzene rings is 1. The van der Waals surface area contributed by atoms with Crippen LogP contribution in [0.1, 0.15) is 16.1 Å². The Balaban J connectivity index is 1.82. The summed E-state index contributed by atoms with van der Waals surface area (Å²) in [4.78, 5) is 11.9. The monoisotopic (exact) mass is 287 g/mol. The predicted octanol–water partition coefficient (Wildman–Crippen LogP) is 1.47. The number of aromatic nitrogens is 2. The molecular weight excluding hydrogens is 270 g/mol. The maximum atomic E-state index is 11.9. The lowest BCUT2D eigenvalue weighted by molar-refractivity contribution is 0.0948. The molecule has 0 atom stereocenters. The molecule has 6 nitrogen and oxygen atoms in total. The molecule has 2 aromatic rings. The SMILES string of the molecule is COc1ccc(CCNC(=O)c2ccc(OC)nn2)cc1. The third kappa shape index (κ3) is 4.17. The molecule has 0 aliphatic rings. The van der Waals surface area contributed by atoms with E-state index in [2.05, 4.69) is 15.5 Å². The fraction of sp³-hybridized carbons (Fsp3) is 0.267. The molecule has 1 aromatic carbocycles. The highest BCUT2D eigenvalue weighted by molar-refractivity contribution is 5.92. The fourth-order valence-electron chi connectivity index (χ4n) is 1.75. The van der Waals surface area contributed by atoms with E-state index < -0.39 is 0 Å². The number of carbonyl (C=O) groups is 1. The Hall–Kier alpha value is -2.63. The van der Waals surface area contributed by atoms with Crippen LogP contribution in [0.4, 0.5) is 0 Å². The second kappa shape index (κ2) is 7.23. The van der Waals surface area contributed by atoms with Gasteiger partial charge >= 0.3 is 0 Å². The molecule has 0 spiro atoms. The highest BCUT2D eigenvalue weighted by Crippen LogP contribution is 2.11. The van der Waals surface area contributed by atoms with E-state index in [1.807, 2.05) is 24.3 Å². The maximum Gasteiger partial charge on any atom is 0.271 e. The average Bonchev–Trinajstić information content (AvgIpc) is 2.55. The smallest absolute Gasteiger partial charge is 0.271 e. The van der Waals surface area contributed by atoms with Gasteiger partial charge in [0.15, 0.2) is 5.69 Å². The molecule has 1 amide bonds. The quantitative estimate of drug-likeness (QED) is 0.871. The first kappa shape index (κ1) is 14.8. The van der Waals surface area contributed by atoms with Gasteiger partial charge in [0.25, 0.3) is 5.91 Å². The molecule has 1 N–H and O–H groups in total. The van der Waals surface area contributed by atoms with Gasteiger partial charge in [0.2, 0.25) is 5.88 Å². The van der Waals surface area contributed by atoms with Crippen LogP contribution in [0.3, 0.4) is 0 Å². The van der Waals surface area contributed by atoms with Crippen LogP contribution in [0.25, 0.3) is 0 Å². The van der Waals surface area contributed by atoms with Gasteiger partial charge in [0.1, 0.15) is 5.75 Å². The number of methoxy groups -OCH3 is 2. The molecule has 110 valence electrons. The Labute approximate surface area is 123 Å². The van der Waals surface area contributed by atoms with Crippen molar-refractivity contribution < 1.29 is 14.3 Å². The number of amides is 1. The molecule has 1 heterocycles. The average molecular weight is 287 g/mol. The summed E-state index contributed by atoms with van der Waals surface area (Å²) in [6.07, 6.45) is 0.735. The largest absolute Gasteiger partial charge is 0.497 e. The lowest BCUT2D eigenvalue weighted by Gasteiger charge is -2.06. The minimum atomic E-state index is -0.251. The van der Waals surface area contributed by atoms with Gasteiger partial charge in [-0.2, -0.15) is 0 Å². The summed E-state index contributed by atoms with van der Waals surface area (Å²) in [6.45, 7) is 0.527. The first-order valence-electron chi connectivity index (χ1n) is 6.52. The van der Waals surface area contributed by atoms with Crippen molar-refractivity contribution in [3.63, 3.8) is 0 Å². The first-order chi connectivity index (χ1) is 10.2. The Bertz CT molecular complexity index is 582. The van der Waals surface area contributed by atoms with Crippen molar-refractivity contribution in [2.45, 2.75) is 6.42 Å². The summed E-state index contributed by atoms with van der Waals surface area (Å²) in [5.74, 6) is 0.944. The number of hydrogen-bond donors (Lipinski definition) is 1. The highest BCUT2D eigenvalue weighted by Gasteiger charge is 2.07. The van der Waals surface area contributed by atoms with E-state index in [-0.39, 0.29) is 11.6 Å². The minimum absolute atomic E-state index is 0.251. The molecule has 0 aliphatic carbocycles. The van der Waals surface area contributed by atoms with Gasteiger partial charge < -0.3 is 14.8 Å². The van der Waals surface area contributed by atoms with Crippen molar-refractivity contribution in [3.8, 4) is 11.6 Å². The summed E-state index contributed by atoms with van der Waals surface area (Å²) in [6, 6.07) is 10.9. The van der Waals surface area contributed by atoms with Crippen LogP contribution in [0.15, 0.2) is 36.4 Å². The number of ether oxygens (including phenoxy) is 2. The minimum Gasteiger partial charge on any atom is -0.497 e. The van der Waals surface area contributed by atoms with Gasteiger partial charge in [0, 0.05) is 12.6 Å². The van der Waals surface area contributed by atoms with E-state index in [1.54, 1.807) is 19.2 Å². The van der Waals surface area contributed by atoms with Gasteiger partial charge in [-0.25, -0.2) is 0 Å². The van der Waals surface area contributed by atoms with Gasteiger partial charge in [-0.15, -0.1) is 10.2 Å². The van der Waals surface area contributed by atoms with E-state index in [0.29, 0.717) is 12.4 Å². The van der Waals surface area contributed by atoms with Crippen molar-refractivity contribution in [1.29, 1.82) is 0 Å². The van der Waals surface area contributed by atoms with E-state index in [4.69, 9.17) is 9.47 Å². The molecule has 1 aromatic heterocycles.